The third-order valence-corrected chi connectivity index (χ3v) is 3.68. The number of hydrogen-bond acceptors (Lipinski definition) is 1. The van der Waals surface area contributed by atoms with Gasteiger partial charge in [0.25, 0.3) is 0 Å². The minimum Gasteiger partial charge on any atom is -0.306 e. The highest BCUT2D eigenvalue weighted by atomic mass is 79.9. The Labute approximate surface area is 124 Å². The summed E-state index contributed by atoms with van der Waals surface area (Å²) in [6, 6.07) is 17.6. The predicted octanol–water partition coefficient (Wildman–Crippen LogP) is 4.85. The van der Waals surface area contributed by atoms with E-state index in [4.69, 9.17) is 0 Å². The predicted molar refractivity (Wildman–Crippen MR) is 85.5 cm³/mol. The standard InChI is InChI=1S/C17H20BrN/c1-3-11-19-17(14-9-7-13(2)8-10-14)15-5-4-6-16(18)12-15/h4-10,12,17,19H,3,11H2,1-2H3. The summed E-state index contributed by atoms with van der Waals surface area (Å²) in [5, 5.41) is 3.63. The molecule has 1 nitrogen and oxygen atoms in total. The molecule has 0 aliphatic rings. The quantitative estimate of drug-likeness (QED) is 0.831. The summed E-state index contributed by atoms with van der Waals surface area (Å²) in [6.45, 7) is 5.34. The zero-order valence-electron chi connectivity index (χ0n) is 11.5. The van der Waals surface area contributed by atoms with Crippen LogP contribution < -0.4 is 5.32 Å². The molecule has 0 aromatic heterocycles. The van der Waals surface area contributed by atoms with Crippen LogP contribution in [0.15, 0.2) is 53.0 Å². The van der Waals surface area contributed by atoms with Gasteiger partial charge >= 0.3 is 0 Å². The molecular formula is C17H20BrN. The van der Waals surface area contributed by atoms with E-state index >= 15 is 0 Å². The Morgan fingerprint density at radius 3 is 2.42 bits per heavy atom. The minimum atomic E-state index is 0.262. The first-order valence-electron chi connectivity index (χ1n) is 6.76. The van der Waals surface area contributed by atoms with Gasteiger partial charge in [-0.05, 0) is 43.1 Å². The molecule has 0 saturated carbocycles. The molecule has 100 valence electrons. The molecule has 19 heavy (non-hydrogen) atoms. The van der Waals surface area contributed by atoms with Gasteiger partial charge in [0.15, 0.2) is 0 Å². The van der Waals surface area contributed by atoms with Gasteiger partial charge in [0.1, 0.15) is 0 Å². The van der Waals surface area contributed by atoms with Gasteiger partial charge in [0.05, 0.1) is 6.04 Å². The van der Waals surface area contributed by atoms with E-state index in [0.29, 0.717) is 0 Å². The van der Waals surface area contributed by atoms with Crippen molar-refractivity contribution in [1.82, 2.24) is 5.32 Å². The Morgan fingerprint density at radius 1 is 1.05 bits per heavy atom. The lowest BCUT2D eigenvalue weighted by molar-refractivity contribution is 0.598. The largest absolute Gasteiger partial charge is 0.306 e. The van der Waals surface area contributed by atoms with Crippen molar-refractivity contribution in [2.45, 2.75) is 26.3 Å². The fraction of sp³-hybridized carbons (Fsp3) is 0.294. The fourth-order valence-corrected chi connectivity index (χ4v) is 2.58. The van der Waals surface area contributed by atoms with Crippen LogP contribution in [0.3, 0.4) is 0 Å². The van der Waals surface area contributed by atoms with Crippen molar-refractivity contribution in [3.05, 3.63) is 69.7 Å². The fourth-order valence-electron chi connectivity index (χ4n) is 2.16. The monoisotopic (exact) mass is 317 g/mol. The van der Waals surface area contributed by atoms with Crippen LogP contribution in [0.2, 0.25) is 0 Å². The van der Waals surface area contributed by atoms with Crippen LogP contribution in [-0.4, -0.2) is 6.54 Å². The van der Waals surface area contributed by atoms with Gasteiger partial charge in [-0.1, -0.05) is 64.8 Å². The van der Waals surface area contributed by atoms with Crippen molar-refractivity contribution in [1.29, 1.82) is 0 Å². The SMILES string of the molecule is CCCNC(c1ccc(C)cc1)c1cccc(Br)c1. The van der Waals surface area contributed by atoms with E-state index in [9.17, 15) is 0 Å². The highest BCUT2D eigenvalue weighted by Crippen LogP contribution is 2.24. The maximum absolute atomic E-state index is 3.63. The third kappa shape index (κ3) is 3.92. The molecule has 2 rings (SSSR count). The zero-order valence-corrected chi connectivity index (χ0v) is 13.1. The molecule has 1 unspecified atom stereocenters. The lowest BCUT2D eigenvalue weighted by Crippen LogP contribution is -2.23. The molecule has 2 aromatic carbocycles. The van der Waals surface area contributed by atoms with Crippen LogP contribution in [0.25, 0.3) is 0 Å². The molecule has 1 atom stereocenters. The molecule has 0 bridgehead atoms. The van der Waals surface area contributed by atoms with Crippen LogP contribution in [0, 0.1) is 6.92 Å². The van der Waals surface area contributed by atoms with Crippen LogP contribution in [0.5, 0.6) is 0 Å². The van der Waals surface area contributed by atoms with Crippen LogP contribution in [0.4, 0.5) is 0 Å². The molecule has 0 amide bonds. The van der Waals surface area contributed by atoms with E-state index in [1.54, 1.807) is 0 Å². The van der Waals surface area contributed by atoms with E-state index in [0.717, 1.165) is 17.4 Å². The normalized spacial score (nSPS) is 12.4. The molecule has 0 spiro atoms. The zero-order chi connectivity index (χ0) is 13.7. The molecule has 1 N–H and O–H groups in total. The van der Waals surface area contributed by atoms with Crippen molar-refractivity contribution >= 4 is 15.9 Å². The lowest BCUT2D eigenvalue weighted by Gasteiger charge is -2.20. The number of rotatable bonds is 5. The second-order valence-electron chi connectivity index (χ2n) is 4.85. The maximum Gasteiger partial charge on any atom is 0.0577 e. The first kappa shape index (κ1) is 14.3. The minimum absolute atomic E-state index is 0.262. The van der Waals surface area contributed by atoms with Gasteiger partial charge < -0.3 is 5.32 Å². The van der Waals surface area contributed by atoms with Crippen LogP contribution >= 0.6 is 15.9 Å². The van der Waals surface area contributed by atoms with E-state index in [1.165, 1.54) is 16.7 Å². The summed E-state index contributed by atoms with van der Waals surface area (Å²) < 4.78 is 1.13. The topological polar surface area (TPSA) is 12.0 Å². The first-order chi connectivity index (χ1) is 9.20. The third-order valence-electron chi connectivity index (χ3n) is 3.19. The molecule has 2 aromatic rings. The van der Waals surface area contributed by atoms with Crippen molar-refractivity contribution < 1.29 is 0 Å². The average Bonchev–Trinajstić information content (AvgIpc) is 2.41. The van der Waals surface area contributed by atoms with Crippen molar-refractivity contribution in [2.75, 3.05) is 6.54 Å². The van der Waals surface area contributed by atoms with Gasteiger partial charge in [0, 0.05) is 4.47 Å². The molecule has 2 heteroatoms. The molecule has 0 aliphatic carbocycles. The van der Waals surface area contributed by atoms with Gasteiger partial charge in [-0.15, -0.1) is 0 Å². The van der Waals surface area contributed by atoms with Gasteiger partial charge in [-0.25, -0.2) is 0 Å². The molecule has 0 aliphatic heterocycles. The molecule has 0 saturated heterocycles. The maximum atomic E-state index is 3.63. The summed E-state index contributed by atoms with van der Waals surface area (Å²) in [6.07, 6.45) is 1.14. The van der Waals surface area contributed by atoms with Gasteiger partial charge in [-0.2, -0.15) is 0 Å². The number of hydrogen-bond donors (Lipinski definition) is 1. The number of nitrogens with one attached hydrogen (secondary N) is 1. The second-order valence-corrected chi connectivity index (χ2v) is 5.77. The number of halogens is 1. The summed E-state index contributed by atoms with van der Waals surface area (Å²) in [4.78, 5) is 0. The molecule has 0 fully saturated rings. The summed E-state index contributed by atoms with van der Waals surface area (Å²) >= 11 is 3.56. The Bertz CT molecular complexity index is 519. The Balaban J connectivity index is 2.32. The smallest absolute Gasteiger partial charge is 0.0577 e. The van der Waals surface area contributed by atoms with Crippen molar-refractivity contribution in [2.24, 2.45) is 0 Å². The van der Waals surface area contributed by atoms with Gasteiger partial charge in [0.2, 0.25) is 0 Å². The van der Waals surface area contributed by atoms with Crippen molar-refractivity contribution in [3.63, 3.8) is 0 Å². The summed E-state index contributed by atoms with van der Waals surface area (Å²) in [7, 11) is 0. The van der Waals surface area contributed by atoms with E-state index < -0.39 is 0 Å². The summed E-state index contributed by atoms with van der Waals surface area (Å²) in [5.74, 6) is 0. The Morgan fingerprint density at radius 2 is 1.79 bits per heavy atom. The second kappa shape index (κ2) is 6.88. The number of benzene rings is 2. The highest BCUT2D eigenvalue weighted by Gasteiger charge is 2.13. The van der Waals surface area contributed by atoms with E-state index in [-0.39, 0.29) is 6.04 Å². The van der Waals surface area contributed by atoms with Crippen LogP contribution in [0.1, 0.15) is 36.1 Å². The Kier molecular flexibility index (Phi) is 5.17. The highest BCUT2D eigenvalue weighted by molar-refractivity contribution is 9.10. The molecule has 0 radical (unpaired) electrons. The van der Waals surface area contributed by atoms with Gasteiger partial charge in [-0.3, -0.25) is 0 Å². The van der Waals surface area contributed by atoms with Crippen molar-refractivity contribution in [3.8, 4) is 0 Å². The Hall–Kier alpha value is -1.12. The first-order valence-corrected chi connectivity index (χ1v) is 7.55. The summed E-state index contributed by atoms with van der Waals surface area (Å²) in [5.41, 5.74) is 3.91. The number of aryl methyl sites for hydroxylation is 1. The lowest BCUT2D eigenvalue weighted by atomic mass is 9.98. The average molecular weight is 318 g/mol. The van der Waals surface area contributed by atoms with E-state index in [2.05, 4.69) is 83.6 Å². The molecular weight excluding hydrogens is 298 g/mol. The van der Waals surface area contributed by atoms with Crippen LogP contribution in [-0.2, 0) is 0 Å². The van der Waals surface area contributed by atoms with E-state index in [1.807, 2.05) is 0 Å². The molecule has 0 heterocycles.